The van der Waals surface area contributed by atoms with Crippen LogP contribution in [0.1, 0.15) is 24.6 Å². The van der Waals surface area contributed by atoms with Gasteiger partial charge in [-0.05, 0) is 30.7 Å². The Morgan fingerprint density at radius 2 is 2.00 bits per heavy atom. The number of carbonyl (C=O) groups excluding carboxylic acids is 1. The van der Waals surface area contributed by atoms with Gasteiger partial charge in [0, 0.05) is 31.5 Å². The van der Waals surface area contributed by atoms with Gasteiger partial charge in [0.2, 0.25) is 5.91 Å². The lowest BCUT2D eigenvalue weighted by Gasteiger charge is -2.05. The molecule has 0 aliphatic carbocycles. The van der Waals surface area contributed by atoms with Crippen molar-refractivity contribution in [3.05, 3.63) is 64.5 Å². The molecule has 0 bridgehead atoms. The third-order valence-corrected chi connectivity index (χ3v) is 4.26. The molecule has 4 aromatic rings. The van der Waals surface area contributed by atoms with Gasteiger partial charge in [-0.2, -0.15) is 0 Å². The number of anilines is 1. The van der Waals surface area contributed by atoms with Crippen molar-refractivity contribution < 1.29 is 9.21 Å². The van der Waals surface area contributed by atoms with E-state index in [2.05, 4.69) is 20.3 Å². The Hall–Kier alpha value is -3.48. The van der Waals surface area contributed by atoms with Crippen LogP contribution in [0.2, 0.25) is 0 Å². The van der Waals surface area contributed by atoms with Gasteiger partial charge in [-0.15, -0.1) is 0 Å². The number of benzene rings is 2. The highest BCUT2D eigenvalue weighted by Crippen LogP contribution is 2.20. The maximum atomic E-state index is 12.2. The van der Waals surface area contributed by atoms with Crippen molar-refractivity contribution in [2.45, 2.75) is 26.2 Å². The van der Waals surface area contributed by atoms with Gasteiger partial charge in [-0.25, -0.2) is 9.97 Å². The number of hydrogen-bond donors (Lipinski definition) is 2. The molecule has 0 radical (unpaired) electrons. The number of carbonyl (C=O) groups is 1. The second-order valence-corrected chi connectivity index (χ2v) is 6.35. The second kappa shape index (κ2) is 7.03. The number of amides is 1. The Labute approximate surface area is 154 Å². The summed E-state index contributed by atoms with van der Waals surface area (Å²) in [5.74, 6) is 1.07. The number of aromatic amines is 1. The number of fused-ring (bicyclic) bond motifs is 2. The molecule has 1 amide bonds. The van der Waals surface area contributed by atoms with Crippen molar-refractivity contribution in [1.29, 1.82) is 0 Å². The van der Waals surface area contributed by atoms with Crippen LogP contribution in [0.25, 0.3) is 22.0 Å². The molecule has 27 heavy (non-hydrogen) atoms. The average molecular weight is 362 g/mol. The Morgan fingerprint density at radius 1 is 1.15 bits per heavy atom. The normalized spacial score (nSPS) is 11.1. The van der Waals surface area contributed by atoms with E-state index in [0.29, 0.717) is 53.2 Å². The molecule has 2 N–H and O–H groups in total. The Morgan fingerprint density at radius 3 is 2.89 bits per heavy atom. The van der Waals surface area contributed by atoms with Gasteiger partial charge in [0.1, 0.15) is 11.3 Å². The second-order valence-electron chi connectivity index (χ2n) is 6.35. The van der Waals surface area contributed by atoms with Gasteiger partial charge in [0.15, 0.2) is 11.5 Å². The number of oxazole rings is 1. The van der Waals surface area contributed by atoms with Gasteiger partial charge in [0.05, 0.1) is 10.9 Å². The maximum absolute atomic E-state index is 12.2. The molecule has 0 aliphatic heterocycles. The average Bonchev–Trinajstić information content (AvgIpc) is 3.01. The molecule has 0 saturated heterocycles. The minimum absolute atomic E-state index is 0.103. The van der Waals surface area contributed by atoms with Gasteiger partial charge in [-0.3, -0.25) is 9.59 Å². The van der Waals surface area contributed by atoms with Crippen molar-refractivity contribution in [3.8, 4) is 0 Å². The molecular formula is C20H18N4O3. The lowest BCUT2D eigenvalue weighted by molar-refractivity contribution is -0.116. The summed E-state index contributed by atoms with van der Waals surface area (Å²) in [5.41, 5.74) is 2.58. The zero-order valence-electron chi connectivity index (χ0n) is 14.8. The van der Waals surface area contributed by atoms with E-state index in [0.717, 1.165) is 5.52 Å². The first kappa shape index (κ1) is 17.0. The van der Waals surface area contributed by atoms with E-state index in [9.17, 15) is 9.59 Å². The van der Waals surface area contributed by atoms with E-state index in [1.54, 1.807) is 31.2 Å². The van der Waals surface area contributed by atoms with Crippen LogP contribution in [0.5, 0.6) is 0 Å². The summed E-state index contributed by atoms with van der Waals surface area (Å²) in [6.45, 7) is 1.78. The number of H-pyrrole nitrogens is 1. The van der Waals surface area contributed by atoms with Crippen molar-refractivity contribution in [2.24, 2.45) is 0 Å². The van der Waals surface area contributed by atoms with Crippen molar-refractivity contribution in [2.75, 3.05) is 5.32 Å². The van der Waals surface area contributed by atoms with Crippen LogP contribution in [-0.2, 0) is 11.2 Å². The van der Waals surface area contributed by atoms with E-state index in [4.69, 9.17) is 4.42 Å². The van der Waals surface area contributed by atoms with Crippen molar-refractivity contribution in [3.63, 3.8) is 0 Å². The van der Waals surface area contributed by atoms with Crippen LogP contribution in [0.15, 0.2) is 51.7 Å². The highest BCUT2D eigenvalue weighted by atomic mass is 16.3. The molecule has 0 saturated carbocycles. The third-order valence-electron chi connectivity index (χ3n) is 4.26. The summed E-state index contributed by atoms with van der Waals surface area (Å²) >= 11 is 0. The topological polar surface area (TPSA) is 101 Å². The molecule has 0 fully saturated rings. The first-order valence-corrected chi connectivity index (χ1v) is 8.73. The van der Waals surface area contributed by atoms with Crippen molar-refractivity contribution in [1.82, 2.24) is 15.0 Å². The minimum Gasteiger partial charge on any atom is -0.441 e. The molecular weight excluding hydrogens is 344 g/mol. The van der Waals surface area contributed by atoms with Crippen LogP contribution < -0.4 is 10.9 Å². The highest BCUT2D eigenvalue weighted by Gasteiger charge is 2.08. The zero-order chi connectivity index (χ0) is 18.8. The van der Waals surface area contributed by atoms with Crippen molar-refractivity contribution >= 4 is 33.6 Å². The van der Waals surface area contributed by atoms with E-state index < -0.39 is 0 Å². The summed E-state index contributed by atoms with van der Waals surface area (Å²) in [4.78, 5) is 35.7. The predicted molar refractivity (Wildman–Crippen MR) is 103 cm³/mol. The molecule has 4 rings (SSSR count). The van der Waals surface area contributed by atoms with E-state index in [1.807, 2.05) is 18.2 Å². The van der Waals surface area contributed by atoms with Crippen LogP contribution in [0.4, 0.5) is 5.69 Å². The monoisotopic (exact) mass is 362 g/mol. The molecule has 0 unspecified atom stereocenters. The quantitative estimate of drug-likeness (QED) is 0.567. The van der Waals surface area contributed by atoms with Crippen LogP contribution in [-0.4, -0.2) is 20.9 Å². The highest BCUT2D eigenvalue weighted by molar-refractivity contribution is 5.92. The molecule has 2 aromatic carbocycles. The first-order valence-electron chi connectivity index (χ1n) is 8.73. The fraction of sp³-hybridized carbons (Fsp3) is 0.200. The summed E-state index contributed by atoms with van der Waals surface area (Å²) in [6.07, 6.45) is 1.43. The molecule has 0 aliphatic rings. The molecule has 0 spiro atoms. The lowest BCUT2D eigenvalue weighted by Crippen LogP contribution is -2.14. The van der Waals surface area contributed by atoms with Gasteiger partial charge >= 0.3 is 0 Å². The standard InChI is InChI=1S/C20H18N4O3/c1-12-21-16-10-9-13(11-17(16)27-12)22-19(25)8-4-7-18-23-15-6-3-2-5-14(15)20(26)24-18/h2-3,5-6,9-11H,4,7-8H2,1H3,(H,22,25)(H,23,24,26). The summed E-state index contributed by atoms with van der Waals surface area (Å²) in [5, 5.41) is 3.42. The van der Waals surface area contributed by atoms with Crippen LogP contribution in [0, 0.1) is 6.92 Å². The Bertz CT molecular complexity index is 1190. The van der Waals surface area contributed by atoms with E-state index in [1.165, 1.54) is 0 Å². The molecule has 7 nitrogen and oxygen atoms in total. The van der Waals surface area contributed by atoms with Gasteiger partial charge in [0.25, 0.3) is 5.56 Å². The van der Waals surface area contributed by atoms with Gasteiger partial charge in [-0.1, -0.05) is 12.1 Å². The number of hydrogen-bond acceptors (Lipinski definition) is 5. The SMILES string of the molecule is Cc1nc2ccc(NC(=O)CCCc3nc4ccccc4c(=O)[nH]3)cc2o1. The zero-order valence-corrected chi connectivity index (χ0v) is 14.8. The number of rotatable bonds is 5. The minimum atomic E-state index is -0.157. The summed E-state index contributed by atoms with van der Waals surface area (Å²) < 4.78 is 5.47. The van der Waals surface area contributed by atoms with Crippen LogP contribution in [0.3, 0.4) is 0 Å². The lowest BCUT2D eigenvalue weighted by atomic mass is 10.2. The molecule has 7 heteroatoms. The summed E-state index contributed by atoms with van der Waals surface area (Å²) in [7, 11) is 0. The molecule has 136 valence electrons. The number of aryl methyl sites for hydroxylation is 2. The number of nitrogens with one attached hydrogen (secondary N) is 2. The van der Waals surface area contributed by atoms with Gasteiger partial charge < -0.3 is 14.7 Å². The van der Waals surface area contributed by atoms with E-state index in [-0.39, 0.29) is 11.5 Å². The number of nitrogens with zero attached hydrogens (tertiary/aromatic N) is 2. The largest absolute Gasteiger partial charge is 0.441 e. The smallest absolute Gasteiger partial charge is 0.258 e. The fourth-order valence-corrected chi connectivity index (χ4v) is 3.01. The summed E-state index contributed by atoms with van der Waals surface area (Å²) in [6, 6.07) is 12.6. The number of aromatic nitrogens is 3. The number of para-hydroxylation sites is 1. The van der Waals surface area contributed by atoms with E-state index >= 15 is 0 Å². The first-order chi connectivity index (χ1) is 13.1. The maximum Gasteiger partial charge on any atom is 0.258 e. The molecule has 2 heterocycles. The van der Waals surface area contributed by atoms with Crippen LogP contribution >= 0.6 is 0 Å². The molecule has 2 aromatic heterocycles. The third kappa shape index (κ3) is 3.72. The Kier molecular flexibility index (Phi) is 4.42. The fourth-order valence-electron chi connectivity index (χ4n) is 3.01. The predicted octanol–water partition coefficient (Wildman–Crippen LogP) is 3.33. The Balaban J connectivity index is 1.37. The molecule has 0 atom stereocenters.